The Morgan fingerprint density at radius 3 is 2.21 bits per heavy atom. The fourth-order valence-corrected chi connectivity index (χ4v) is 3.53. The fraction of sp³-hybridized carbons (Fsp3) is 0.647. The van der Waals surface area contributed by atoms with E-state index < -0.39 is 0 Å². The van der Waals surface area contributed by atoms with Crippen molar-refractivity contribution in [1.29, 1.82) is 0 Å². The number of benzene rings is 1. The van der Waals surface area contributed by atoms with E-state index in [9.17, 15) is 5.11 Å². The number of aryl methyl sites for hydroxylation is 2. The van der Waals surface area contributed by atoms with Crippen LogP contribution < -0.4 is 0 Å². The van der Waals surface area contributed by atoms with Gasteiger partial charge in [-0.1, -0.05) is 48.3 Å². The average molecular weight is 325 g/mol. The van der Waals surface area contributed by atoms with Gasteiger partial charge in [0.1, 0.15) is 0 Å². The van der Waals surface area contributed by atoms with Crippen molar-refractivity contribution in [2.24, 2.45) is 17.8 Å². The molecule has 1 fully saturated rings. The van der Waals surface area contributed by atoms with E-state index in [1.165, 1.54) is 17.5 Å². The molecule has 1 nitrogen and oxygen atoms in total. The van der Waals surface area contributed by atoms with Gasteiger partial charge in [0.05, 0.1) is 6.10 Å². The maximum Gasteiger partial charge on any atom is 0.0818 e. The molecule has 0 aliphatic heterocycles. The predicted octanol–water partition coefficient (Wildman–Crippen LogP) is 5.17. The zero-order valence-corrected chi connectivity index (χ0v) is 14.0. The Labute approximate surface area is 125 Å². The van der Waals surface area contributed by atoms with Gasteiger partial charge < -0.3 is 5.11 Å². The first-order valence-electron chi connectivity index (χ1n) is 7.34. The van der Waals surface area contributed by atoms with Crippen LogP contribution in [0.4, 0.5) is 0 Å². The van der Waals surface area contributed by atoms with Crippen LogP contribution in [0.3, 0.4) is 0 Å². The Hall–Kier alpha value is -0.340. The molecule has 0 radical (unpaired) electrons. The van der Waals surface area contributed by atoms with Crippen LogP contribution in [0.1, 0.15) is 55.9 Å². The van der Waals surface area contributed by atoms with Crippen LogP contribution in [0.5, 0.6) is 0 Å². The summed E-state index contributed by atoms with van der Waals surface area (Å²) < 4.78 is 1.16. The van der Waals surface area contributed by atoms with E-state index in [-0.39, 0.29) is 6.10 Å². The summed E-state index contributed by atoms with van der Waals surface area (Å²) in [6.07, 6.45) is 3.25. The maximum absolute atomic E-state index is 10.7. The maximum atomic E-state index is 10.7. The Morgan fingerprint density at radius 1 is 1.11 bits per heavy atom. The second-order valence-corrected chi connectivity index (χ2v) is 7.23. The van der Waals surface area contributed by atoms with Crippen molar-refractivity contribution in [3.8, 4) is 0 Å². The zero-order chi connectivity index (χ0) is 14.2. The highest BCUT2D eigenvalue weighted by molar-refractivity contribution is 9.10. The Kier molecular flexibility index (Phi) is 4.73. The van der Waals surface area contributed by atoms with E-state index in [4.69, 9.17) is 0 Å². The van der Waals surface area contributed by atoms with E-state index in [0.717, 1.165) is 34.7 Å². The van der Waals surface area contributed by atoms with Crippen LogP contribution in [0.15, 0.2) is 16.6 Å². The summed E-state index contributed by atoms with van der Waals surface area (Å²) in [4.78, 5) is 0. The summed E-state index contributed by atoms with van der Waals surface area (Å²) in [5.41, 5.74) is 3.52. The summed E-state index contributed by atoms with van der Waals surface area (Å²) in [5.74, 6) is 1.95. The number of aliphatic hydroxyl groups is 1. The topological polar surface area (TPSA) is 20.2 Å². The third kappa shape index (κ3) is 3.22. The Balaban J connectivity index is 2.18. The summed E-state index contributed by atoms with van der Waals surface area (Å²) in [6.45, 7) is 8.85. The lowest BCUT2D eigenvalue weighted by Crippen LogP contribution is -2.25. The minimum absolute atomic E-state index is 0.305. The number of aliphatic hydroxyl groups excluding tert-OH is 1. The molecule has 1 aromatic carbocycles. The second-order valence-electron chi connectivity index (χ2n) is 6.44. The predicted molar refractivity (Wildman–Crippen MR) is 84.2 cm³/mol. The van der Waals surface area contributed by atoms with Gasteiger partial charge in [0.25, 0.3) is 0 Å². The van der Waals surface area contributed by atoms with Crippen LogP contribution >= 0.6 is 15.9 Å². The van der Waals surface area contributed by atoms with Crippen molar-refractivity contribution < 1.29 is 5.11 Å². The summed E-state index contributed by atoms with van der Waals surface area (Å²) in [7, 11) is 0. The summed E-state index contributed by atoms with van der Waals surface area (Å²) in [6, 6.07) is 4.26. The standard InChI is InChI=1S/C17H25BrO/c1-10-5-6-14(7-11(10)2)17(19)15-8-12(3)16(18)13(4)9-15/h8-11,14,17,19H,5-7H2,1-4H3. The lowest BCUT2D eigenvalue weighted by Gasteiger charge is -2.35. The molecule has 0 bridgehead atoms. The van der Waals surface area contributed by atoms with Crippen molar-refractivity contribution in [2.45, 2.75) is 53.1 Å². The molecule has 1 N–H and O–H groups in total. The molecule has 1 aliphatic carbocycles. The molecule has 0 aromatic heterocycles. The highest BCUT2D eigenvalue weighted by atomic mass is 79.9. The highest BCUT2D eigenvalue weighted by Gasteiger charge is 2.30. The minimum Gasteiger partial charge on any atom is -0.388 e. The Morgan fingerprint density at radius 2 is 1.68 bits per heavy atom. The second kappa shape index (κ2) is 5.97. The molecule has 2 heteroatoms. The van der Waals surface area contributed by atoms with Gasteiger partial charge in [-0.2, -0.15) is 0 Å². The van der Waals surface area contributed by atoms with Gasteiger partial charge >= 0.3 is 0 Å². The van der Waals surface area contributed by atoms with Crippen molar-refractivity contribution in [3.63, 3.8) is 0 Å². The highest BCUT2D eigenvalue weighted by Crippen LogP contribution is 2.40. The van der Waals surface area contributed by atoms with E-state index in [2.05, 4.69) is 55.8 Å². The summed E-state index contributed by atoms with van der Waals surface area (Å²) in [5, 5.41) is 10.7. The molecule has 0 amide bonds. The van der Waals surface area contributed by atoms with Crippen molar-refractivity contribution in [2.75, 3.05) is 0 Å². The molecule has 4 atom stereocenters. The first kappa shape index (κ1) is 15.1. The number of rotatable bonds is 2. The van der Waals surface area contributed by atoms with Gasteiger partial charge in [0.15, 0.2) is 0 Å². The van der Waals surface area contributed by atoms with Crippen LogP contribution in [-0.2, 0) is 0 Å². The first-order chi connectivity index (χ1) is 8.90. The van der Waals surface area contributed by atoms with Gasteiger partial charge in [0, 0.05) is 4.47 Å². The molecule has 2 rings (SSSR count). The third-order valence-electron chi connectivity index (χ3n) is 4.89. The SMILES string of the molecule is Cc1cc(C(O)C2CCC(C)C(C)C2)cc(C)c1Br. The number of hydrogen-bond donors (Lipinski definition) is 1. The van der Waals surface area contributed by atoms with Crippen molar-refractivity contribution in [3.05, 3.63) is 33.3 Å². The average Bonchev–Trinajstić information content (AvgIpc) is 2.37. The minimum atomic E-state index is -0.305. The van der Waals surface area contributed by atoms with E-state index in [1.807, 2.05) is 0 Å². The molecule has 0 saturated heterocycles. The van der Waals surface area contributed by atoms with Crippen LogP contribution in [0.2, 0.25) is 0 Å². The molecular weight excluding hydrogens is 300 g/mol. The van der Waals surface area contributed by atoms with Gasteiger partial charge in [-0.25, -0.2) is 0 Å². The molecule has 4 unspecified atom stereocenters. The van der Waals surface area contributed by atoms with Gasteiger partial charge in [0.2, 0.25) is 0 Å². The van der Waals surface area contributed by atoms with Crippen LogP contribution in [0, 0.1) is 31.6 Å². The quantitative estimate of drug-likeness (QED) is 0.795. The third-order valence-corrected chi connectivity index (χ3v) is 6.14. The monoisotopic (exact) mass is 324 g/mol. The van der Waals surface area contributed by atoms with E-state index in [0.29, 0.717) is 5.92 Å². The molecule has 1 saturated carbocycles. The van der Waals surface area contributed by atoms with E-state index >= 15 is 0 Å². The largest absolute Gasteiger partial charge is 0.388 e. The molecular formula is C17H25BrO. The molecule has 0 spiro atoms. The fourth-order valence-electron chi connectivity index (χ4n) is 3.30. The van der Waals surface area contributed by atoms with Crippen LogP contribution in [0.25, 0.3) is 0 Å². The van der Waals surface area contributed by atoms with Gasteiger partial charge in [-0.05, 0) is 61.1 Å². The summed E-state index contributed by atoms with van der Waals surface area (Å²) >= 11 is 3.59. The van der Waals surface area contributed by atoms with E-state index in [1.54, 1.807) is 0 Å². The Bertz CT molecular complexity index is 432. The van der Waals surface area contributed by atoms with Crippen LogP contribution in [-0.4, -0.2) is 5.11 Å². The molecule has 1 aliphatic rings. The smallest absolute Gasteiger partial charge is 0.0818 e. The van der Waals surface area contributed by atoms with Crippen molar-refractivity contribution in [1.82, 2.24) is 0 Å². The lowest BCUT2D eigenvalue weighted by molar-refractivity contribution is 0.0560. The molecule has 106 valence electrons. The number of halogens is 1. The molecule has 19 heavy (non-hydrogen) atoms. The lowest BCUT2D eigenvalue weighted by atomic mass is 9.73. The molecule has 1 aromatic rings. The van der Waals surface area contributed by atoms with Crippen molar-refractivity contribution >= 4 is 15.9 Å². The van der Waals surface area contributed by atoms with Gasteiger partial charge in [-0.15, -0.1) is 0 Å². The zero-order valence-electron chi connectivity index (χ0n) is 12.4. The normalized spacial score (nSPS) is 29.3. The molecule has 0 heterocycles. The van der Waals surface area contributed by atoms with Gasteiger partial charge in [-0.3, -0.25) is 0 Å². The first-order valence-corrected chi connectivity index (χ1v) is 8.14. The number of hydrogen-bond acceptors (Lipinski definition) is 1.